The number of rotatable bonds is 1. The molecule has 0 radical (unpaired) electrons. The van der Waals surface area contributed by atoms with Crippen molar-refractivity contribution in [1.82, 2.24) is 0 Å². The first-order chi connectivity index (χ1) is 8.03. The number of fused-ring (bicyclic) bond motifs is 1. The van der Waals surface area contributed by atoms with Gasteiger partial charge in [0.05, 0.1) is 21.9 Å². The van der Waals surface area contributed by atoms with Gasteiger partial charge in [-0.2, -0.15) is 0 Å². The van der Waals surface area contributed by atoms with E-state index in [0.717, 1.165) is 13.2 Å². The van der Waals surface area contributed by atoms with Gasteiger partial charge in [-0.05, 0) is 28.1 Å². The number of thiophene rings is 2. The summed E-state index contributed by atoms with van der Waals surface area (Å²) in [4.78, 5) is 1.18. The van der Waals surface area contributed by atoms with Crippen molar-refractivity contribution in [2.45, 2.75) is 20.1 Å². The first-order valence-electron chi connectivity index (χ1n) is 5.45. The molecule has 2 nitrogen and oxygen atoms in total. The van der Waals surface area contributed by atoms with Crippen LogP contribution < -0.4 is 0 Å². The molecule has 92 valence electrons. The number of halogens is 1. The van der Waals surface area contributed by atoms with Crippen LogP contribution in [-0.2, 0) is 9.47 Å². The maximum Gasteiger partial charge on any atom is 0.193 e. The minimum atomic E-state index is -0.175. The molecule has 0 bridgehead atoms. The van der Waals surface area contributed by atoms with Crippen LogP contribution in [0, 0.1) is 5.41 Å². The van der Waals surface area contributed by atoms with E-state index in [0.29, 0.717) is 0 Å². The molecule has 0 N–H and O–H groups in total. The molecule has 1 fully saturated rings. The average molecular weight is 333 g/mol. The third-order valence-electron chi connectivity index (χ3n) is 2.68. The SMILES string of the molecule is CC1(C)COC(c2cc3sc(Br)cc3s2)OC1. The fourth-order valence-corrected chi connectivity index (χ4v) is 4.83. The molecule has 0 spiro atoms. The van der Waals surface area contributed by atoms with Crippen molar-refractivity contribution >= 4 is 48.0 Å². The van der Waals surface area contributed by atoms with Crippen LogP contribution in [0.2, 0.25) is 0 Å². The summed E-state index contributed by atoms with van der Waals surface area (Å²) in [5, 5.41) is 0. The summed E-state index contributed by atoms with van der Waals surface area (Å²) < 4.78 is 15.4. The summed E-state index contributed by atoms with van der Waals surface area (Å²) in [5.41, 5.74) is 0.133. The summed E-state index contributed by atoms with van der Waals surface area (Å²) in [7, 11) is 0. The molecule has 2 aromatic heterocycles. The van der Waals surface area contributed by atoms with Crippen LogP contribution in [0.5, 0.6) is 0 Å². The van der Waals surface area contributed by atoms with Crippen molar-refractivity contribution < 1.29 is 9.47 Å². The van der Waals surface area contributed by atoms with Crippen molar-refractivity contribution in [3.05, 3.63) is 20.8 Å². The molecule has 1 saturated heterocycles. The van der Waals surface area contributed by atoms with E-state index >= 15 is 0 Å². The highest BCUT2D eigenvalue weighted by Gasteiger charge is 2.30. The smallest absolute Gasteiger partial charge is 0.193 e. The zero-order valence-corrected chi connectivity index (χ0v) is 12.9. The third kappa shape index (κ3) is 2.44. The topological polar surface area (TPSA) is 18.5 Å². The molecule has 0 amide bonds. The monoisotopic (exact) mass is 332 g/mol. The summed E-state index contributed by atoms with van der Waals surface area (Å²) in [6, 6.07) is 4.33. The third-order valence-corrected chi connectivity index (χ3v) is 5.50. The van der Waals surface area contributed by atoms with Gasteiger partial charge in [0.25, 0.3) is 0 Å². The Balaban J connectivity index is 1.82. The van der Waals surface area contributed by atoms with Crippen molar-refractivity contribution in [2.24, 2.45) is 5.41 Å². The van der Waals surface area contributed by atoms with E-state index < -0.39 is 0 Å². The highest BCUT2D eigenvalue weighted by molar-refractivity contribution is 9.11. The molecule has 17 heavy (non-hydrogen) atoms. The molecular weight excluding hydrogens is 320 g/mol. The summed E-state index contributed by atoms with van der Waals surface area (Å²) >= 11 is 7.01. The van der Waals surface area contributed by atoms with E-state index in [1.807, 2.05) is 0 Å². The number of hydrogen-bond acceptors (Lipinski definition) is 4. The van der Waals surface area contributed by atoms with E-state index in [1.54, 1.807) is 22.7 Å². The van der Waals surface area contributed by atoms with Gasteiger partial charge in [-0.1, -0.05) is 13.8 Å². The van der Waals surface area contributed by atoms with Crippen LogP contribution in [-0.4, -0.2) is 13.2 Å². The Morgan fingerprint density at radius 2 is 1.82 bits per heavy atom. The van der Waals surface area contributed by atoms with Crippen LogP contribution in [0.1, 0.15) is 25.0 Å². The lowest BCUT2D eigenvalue weighted by molar-refractivity contribution is -0.224. The van der Waals surface area contributed by atoms with E-state index in [4.69, 9.17) is 9.47 Å². The molecule has 3 rings (SSSR count). The van der Waals surface area contributed by atoms with Crippen molar-refractivity contribution in [3.63, 3.8) is 0 Å². The minimum absolute atomic E-state index is 0.133. The van der Waals surface area contributed by atoms with Gasteiger partial charge < -0.3 is 9.47 Å². The molecule has 3 heterocycles. The van der Waals surface area contributed by atoms with E-state index in [2.05, 4.69) is 41.9 Å². The molecule has 0 unspecified atom stereocenters. The maximum atomic E-state index is 5.79. The first kappa shape index (κ1) is 12.1. The molecule has 1 aliphatic heterocycles. The van der Waals surface area contributed by atoms with Gasteiger partial charge in [0.2, 0.25) is 0 Å². The van der Waals surface area contributed by atoms with Gasteiger partial charge in [-0.15, -0.1) is 22.7 Å². The highest BCUT2D eigenvalue weighted by Crippen LogP contribution is 2.41. The quantitative estimate of drug-likeness (QED) is 0.746. The Morgan fingerprint density at radius 3 is 2.47 bits per heavy atom. The fraction of sp³-hybridized carbons (Fsp3) is 0.500. The molecular formula is C12H13BrO2S2. The fourth-order valence-electron chi connectivity index (χ4n) is 1.80. The molecule has 5 heteroatoms. The Morgan fingerprint density at radius 1 is 1.18 bits per heavy atom. The van der Waals surface area contributed by atoms with Crippen molar-refractivity contribution in [1.29, 1.82) is 0 Å². The summed E-state index contributed by atoms with van der Waals surface area (Å²) in [5.74, 6) is 0. The second-order valence-corrected chi connectivity index (χ2v) is 8.62. The molecule has 0 aromatic carbocycles. The van der Waals surface area contributed by atoms with E-state index in [-0.39, 0.29) is 11.7 Å². The van der Waals surface area contributed by atoms with E-state index in [1.165, 1.54) is 18.1 Å². The van der Waals surface area contributed by atoms with Crippen LogP contribution in [0.25, 0.3) is 9.40 Å². The molecule has 0 atom stereocenters. The molecule has 1 aliphatic rings. The summed E-state index contributed by atoms with van der Waals surface area (Å²) in [6.45, 7) is 5.83. The number of hydrogen-bond donors (Lipinski definition) is 0. The minimum Gasteiger partial charge on any atom is -0.347 e. The lowest BCUT2D eigenvalue weighted by atomic mass is 9.96. The van der Waals surface area contributed by atoms with Crippen molar-refractivity contribution in [3.8, 4) is 0 Å². The Kier molecular flexibility index (Phi) is 3.07. The molecule has 2 aromatic rings. The van der Waals surface area contributed by atoms with Crippen LogP contribution in [0.4, 0.5) is 0 Å². The normalized spacial score (nSPS) is 21.1. The van der Waals surface area contributed by atoms with Crippen LogP contribution in [0.3, 0.4) is 0 Å². The second kappa shape index (κ2) is 4.31. The lowest BCUT2D eigenvalue weighted by Crippen LogP contribution is -2.33. The van der Waals surface area contributed by atoms with Gasteiger partial charge in [0, 0.05) is 14.8 Å². The van der Waals surface area contributed by atoms with Gasteiger partial charge >= 0.3 is 0 Å². The zero-order valence-electron chi connectivity index (χ0n) is 9.66. The first-order valence-corrected chi connectivity index (χ1v) is 7.88. The predicted octanol–water partition coefficient (Wildman–Crippen LogP) is 4.80. The lowest BCUT2D eigenvalue weighted by Gasteiger charge is -2.34. The van der Waals surface area contributed by atoms with Gasteiger partial charge in [0.1, 0.15) is 0 Å². The van der Waals surface area contributed by atoms with Crippen LogP contribution in [0.15, 0.2) is 15.9 Å². The largest absolute Gasteiger partial charge is 0.347 e. The van der Waals surface area contributed by atoms with Crippen molar-refractivity contribution in [2.75, 3.05) is 13.2 Å². The second-order valence-electron chi connectivity index (χ2n) is 5.05. The average Bonchev–Trinajstić information content (AvgIpc) is 2.74. The molecule has 0 aliphatic carbocycles. The van der Waals surface area contributed by atoms with Crippen LogP contribution >= 0.6 is 38.6 Å². The number of ether oxygens (including phenoxy) is 2. The van der Waals surface area contributed by atoms with E-state index in [9.17, 15) is 0 Å². The molecule has 0 saturated carbocycles. The summed E-state index contributed by atoms with van der Waals surface area (Å²) in [6.07, 6.45) is -0.175. The Labute approximate surface area is 117 Å². The predicted molar refractivity (Wildman–Crippen MR) is 75.8 cm³/mol. The van der Waals surface area contributed by atoms with Gasteiger partial charge in [0.15, 0.2) is 6.29 Å². The highest BCUT2D eigenvalue weighted by atomic mass is 79.9. The zero-order chi connectivity index (χ0) is 12.0. The van der Waals surface area contributed by atoms with Gasteiger partial charge in [-0.3, -0.25) is 0 Å². The van der Waals surface area contributed by atoms with Gasteiger partial charge in [-0.25, -0.2) is 0 Å². The maximum absolute atomic E-state index is 5.79. The standard InChI is InChI=1S/C12H13BrO2S2/c1-12(2)5-14-11(15-6-12)9-3-7-8(16-9)4-10(13)17-7/h3-4,11H,5-6H2,1-2H3. The Hall–Kier alpha value is 0.0600. The Bertz CT molecular complexity index is 502.